The monoisotopic (exact) mass is 247 g/mol. The van der Waals surface area contributed by atoms with E-state index in [1.165, 1.54) is 6.07 Å². The predicted octanol–water partition coefficient (Wildman–Crippen LogP) is 2.76. The van der Waals surface area contributed by atoms with E-state index in [0.717, 1.165) is 6.54 Å². The molecule has 96 valence electrons. The number of nitrogens with zero attached hydrogens (tertiary/aromatic N) is 2. The molecule has 0 aliphatic heterocycles. The van der Waals surface area contributed by atoms with Gasteiger partial charge in [0.15, 0.2) is 0 Å². The molecule has 0 spiro atoms. The van der Waals surface area contributed by atoms with Crippen molar-refractivity contribution < 1.29 is 4.39 Å². The molecule has 0 bridgehead atoms. The Hall–Kier alpha value is -1.68. The molecule has 0 aliphatic rings. The third-order valence-electron chi connectivity index (χ3n) is 2.95. The molecular weight excluding hydrogens is 229 g/mol. The molecule has 0 fully saturated rings. The van der Waals surface area contributed by atoms with Crippen LogP contribution in [0.2, 0.25) is 0 Å². The lowest BCUT2D eigenvalue weighted by Gasteiger charge is -2.21. The van der Waals surface area contributed by atoms with E-state index in [4.69, 9.17) is 0 Å². The van der Waals surface area contributed by atoms with Crippen molar-refractivity contribution in [1.82, 2.24) is 14.9 Å². The minimum absolute atomic E-state index is 0.00952. The van der Waals surface area contributed by atoms with Crippen molar-refractivity contribution in [3.8, 4) is 0 Å². The molecule has 2 unspecified atom stereocenters. The molecule has 3 nitrogen and oxygen atoms in total. The summed E-state index contributed by atoms with van der Waals surface area (Å²) in [6, 6.07) is 7.11. The van der Waals surface area contributed by atoms with Crippen LogP contribution in [0.4, 0.5) is 4.39 Å². The van der Waals surface area contributed by atoms with Gasteiger partial charge in [-0.3, -0.25) is 0 Å². The summed E-state index contributed by atoms with van der Waals surface area (Å²) in [6.07, 6.45) is 5.46. The fourth-order valence-electron chi connectivity index (χ4n) is 2.11. The molecule has 1 heterocycles. The van der Waals surface area contributed by atoms with Gasteiger partial charge in [0.2, 0.25) is 0 Å². The Morgan fingerprint density at radius 2 is 2.11 bits per heavy atom. The predicted molar refractivity (Wildman–Crippen MR) is 69.6 cm³/mol. The van der Waals surface area contributed by atoms with Crippen LogP contribution >= 0.6 is 0 Å². The second kappa shape index (κ2) is 5.78. The van der Waals surface area contributed by atoms with E-state index in [2.05, 4.69) is 17.2 Å². The number of aromatic nitrogens is 2. The topological polar surface area (TPSA) is 29.9 Å². The number of benzene rings is 1. The summed E-state index contributed by atoms with van der Waals surface area (Å²) in [5, 5.41) is 3.39. The maximum absolute atomic E-state index is 13.6. The molecule has 4 heteroatoms. The molecule has 0 radical (unpaired) electrons. The Balaban J connectivity index is 1.95. The van der Waals surface area contributed by atoms with Gasteiger partial charge in [0.05, 0.1) is 6.33 Å². The molecule has 0 saturated heterocycles. The summed E-state index contributed by atoms with van der Waals surface area (Å²) in [5.41, 5.74) is 0.704. The van der Waals surface area contributed by atoms with Gasteiger partial charge in [0.25, 0.3) is 0 Å². The van der Waals surface area contributed by atoms with Gasteiger partial charge in [-0.2, -0.15) is 0 Å². The Bertz CT molecular complexity index is 482. The first-order valence-corrected chi connectivity index (χ1v) is 6.13. The zero-order valence-corrected chi connectivity index (χ0v) is 10.7. The summed E-state index contributed by atoms with van der Waals surface area (Å²) < 4.78 is 15.6. The van der Waals surface area contributed by atoms with Crippen molar-refractivity contribution in [1.29, 1.82) is 0 Å². The molecule has 2 aromatic rings. The van der Waals surface area contributed by atoms with E-state index in [9.17, 15) is 4.39 Å². The van der Waals surface area contributed by atoms with E-state index in [-0.39, 0.29) is 17.9 Å². The maximum Gasteiger partial charge on any atom is 0.127 e. The lowest BCUT2D eigenvalue weighted by Crippen LogP contribution is -2.32. The standard InChI is InChI=1S/C14H18FN3/c1-11(9-18-8-7-16-10-18)17-12(2)13-5-3-4-6-14(13)15/h3-8,10-12,17H,9H2,1-2H3. The zero-order valence-electron chi connectivity index (χ0n) is 10.7. The summed E-state index contributed by atoms with van der Waals surface area (Å²) in [6.45, 7) is 4.87. The van der Waals surface area contributed by atoms with Gasteiger partial charge in [0.1, 0.15) is 5.82 Å². The van der Waals surface area contributed by atoms with Crippen LogP contribution in [0.1, 0.15) is 25.5 Å². The largest absolute Gasteiger partial charge is 0.336 e. The third kappa shape index (κ3) is 3.17. The highest BCUT2D eigenvalue weighted by Crippen LogP contribution is 2.16. The number of hydrogen-bond donors (Lipinski definition) is 1. The first-order valence-electron chi connectivity index (χ1n) is 6.13. The Morgan fingerprint density at radius 1 is 1.33 bits per heavy atom. The van der Waals surface area contributed by atoms with Gasteiger partial charge >= 0.3 is 0 Å². The molecule has 1 aromatic heterocycles. The van der Waals surface area contributed by atoms with Crippen LogP contribution in [0.5, 0.6) is 0 Å². The molecule has 1 aromatic carbocycles. The fraction of sp³-hybridized carbons (Fsp3) is 0.357. The van der Waals surface area contributed by atoms with Gasteiger partial charge in [-0.1, -0.05) is 18.2 Å². The van der Waals surface area contributed by atoms with E-state index in [1.54, 1.807) is 18.6 Å². The number of halogens is 1. The summed E-state index contributed by atoms with van der Waals surface area (Å²) in [7, 11) is 0. The molecular formula is C14H18FN3. The van der Waals surface area contributed by atoms with Crippen molar-refractivity contribution in [3.05, 3.63) is 54.4 Å². The molecule has 0 aliphatic carbocycles. The average molecular weight is 247 g/mol. The molecule has 0 amide bonds. The number of hydrogen-bond acceptors (Lipinski definition) is 2. The van der Waals surface area contributed by atoms with E-state index in [1.807, 2.05) is 29.8 Å². The molecule has 18 heavy (non-hydrogen) atoms. The minimum atomic E-state index is -0.160. The van der Waals surface area contributed by atoms with Crippen molar-refractivity contribution in [2.24, 2.45) is 0 Å². The summed E-state index contributed by atoms with van der Waals surface area (Å²) in [4.78, 5) is 4.00. The smallest absolute Gasteiger partial charge is 0.127 e. The van der Waals surface area contributed by atoms with Gasteiger partial charge in [0, 0.05) is 36.6 Å². The zero-order chi connectivity index (χ0) is 13.0. The summed E-state index contributed by atoms with van der Waals surface area (Å²) >= 11 is 0. The van der Waals surface area contributed by atoms with Crippen LogP contribution < -0.4 is 5.32 Å². The lowest BCUT2D eigenvalue weighted by molar-refractivity contribution is 0.421. The first-order chi connectivity index (χ1) is 8.66. The van der Waals surface area contributed by atoms with Crippen molar-refractivity contribution in [2.75, 3.05) is 0 Å². The van der Waals surface area contributed by atoms with Crippen molar-refractivity contribution in [2.45, 2.75) is 32.5 Å². The Kier molecular flexibility index (Phi) is 4.10. The van der Waals surface area contributed by atoms with Crippen molar-refractivity contribution in [3.63, 3.8) is 0 Å². The third-order valence-corrected chi connectivity index (χ3v) is 2.95. The van der Waals surface area contributed by atoms with Crippen LogP contribution in [-0.4, -0.2) is 15.6 Å². The van der Waals surface area contributed by atoms with Gasteiger partial charge in [-0.25, -0.2) is 9.37 Å². The highest BCUT2D eigenvalue weighted by Gasteiger charge is 2.12. The first kappa shape index (κ1) is 12.8. The summed E-state index contributed by atoms with van der Waals surface area (Å²) in [5.74, 6) is -0.160. The van der Waals surface area contributed by atoms with Gasteiger partial charge in [-0.05, 0) is 19.9 Å². The van der Waals surface area contributed by atoms with Crippen LogP contribution in [0.3, 0.4) is 0 Å². The molecule has 2 atom stereocenters. The maximum atomic E-state index is 13.6. The number of imidazole rings is 1. The van der Waals surface area contributed by atoms with Crippen LogP contribution in [0, 0.1) is 5.82 Å². The van der Waals surface area contributed by atoms with Gasteiger partial charge < -0.3 is 9.88 Å². The minimum Gasteiger partial charge on any atom is -0.336 e. The quantitative estimate of drug-likeness (QED) is 0.880. The van der Waals surface area contributed by atoms with Gasteiger partial charge in [-0.15, -0.1) is 0 Å². The van der Waals surface area contributed by atoms with Crippen LogP contribution in [-0.2, 0) is 6.54 Å². The van der Waals surface area contributed by atoms with Crippen LogP contribution in [0.25, 0.3) is 0 Å². The normalized spacial score (nSPS) is 14.4. The second-order valence-electron chi connectivity index (χ2n) is 4.57. The second-order valence-corrected chi connectivity index (χ2v) is 4.57. The molecule has 2 rings (SSSR count). The number of nitrogens with one attached hydrogen (secondary N) is 1. The average Bonchev–Trinajstić information content (AvgIpc) is 2.82. The molecule has 1 N–H and O–H groups in total. The highest BCUT2D eigenvalue weighted by atomic mass is 19.1. The number of rotatable bonds is 5. The van der Waals surface area contributed by atoms with Crippen LogP contribution in [0.15, 0.2) is 43.0 Å². The fourth-order valence-corrected chi connectivity index (χ4v) is 2.11. The van der Waals surface area contributed by atoms with E-state index in [0.29, 0.717) is 5.56 Å². The Labute approximate surface area is 107 Å². The molecule has 0 saturated carbocycles. The highest BCUT2D eigenvalue weighted by molar-refractivity contribution is 5.20. The lowest BCUT2D eigenvalue weighted by atomic mass is 10.1. The van der Waals surface area contributed by atoms with E-state index < -0.39 is 0 Å². The SMILES string of the molecule is CC(Cn1ccnc1)NC(C)c1ccccc1F. The van der Waals surface area contributed by atoms with Crippen molar-refractivity contribution >= 4 is 0 Å². The van der Waals surface area contributed by atoms with E-state index >= 15 is 0 Å². The Morgan fingerprint density at radius 3 is 2.78 bits per heavy atom.